The molecule has 2 nitrogen and oxygen atoms in total. The van der Waals surface area contributed by atoms with Gasteiger partial charge >= 0.3 is 5.88 Å². The molecule has 1 heterocycles. The first kappa shape index (κ1) is 50.8. The fraction of sp³-hybridized carbons (Fsp3) is 0.0217. The Morgan fingerprint density at radius 1 is 0.357 bits per heavy atom. The lowest BCUT2D eigenvalue weighted by Gasteiger charge is -2.44. The summed E-state index contributed by atoms with van der Waals surface area (Å²) in [6.45, 7) is 0.761. The zero-order valence-electron chi connectivity index (χ0n) is 33.7. The van der Waals surface area contributed by atoms with Crippen LogP contribution < -0.4 is 31.2 Å². The molecule has 0 atom stereocenters. The van der Waals surface area contributed by atoms with Gasteiger partial charge < -0.3 is 4.74 Å². The molecule has 0 N–H and O–H groups in total. The van der Waals surface area contributed by atoms with Crippen molar-refractivity contribution in [3.8, 4) is 11.6 Å². The number of hydrogen-bond acceptors (Lipinski definition) is 1. The van der Waals surface area contributed by atoms with Gasteiger partial charge in [0.2, 0.25) is 0 Å². The SMILES string of the molecule is Brc1ccc(Oc2c3ccccc3cc[n+]2Cc2ccccc2)cc1.Fc1c(F)c(F)c([B-](c2c(F)c(F)c(F)c(F)c2F)(c2c(F)c(F)c(F)c(F)c2F)c2c(F)c(F)c(F)c(F)c2F)c(F)c1F. The van der Waals surface area contributed by atoms with Crippen LogP contribution in [0.4, 0.5) is 87.8 Å². The fourth-order valence-corrected chi connectivity index (χ4v) is 8.00. The minimum absolute atomic E-state index is 0.761. The highest BCUT2D eigenvalue weighted by Crippen LogP contribution is 2.32. The van der Waals surface area contributed by atoms with Crippen molar-refractivity contribution < 1.29 is 97.1 Å². The monoisotopic (exact) mass is 1070 g/mol. The smallest absolute Gasteiger partial charge is 0.381 e. The van der Waals surface area contributed by atoms with E-state index in [2.05, 4.69) is 69.2 Å². The third-order valence-corrected chi connectivity index (χ3v) is 11.3. The third-order valence-electron chi connectivity index (χ3n) is 10.8. The Hall–Kier alpha value is -7.11. The quantitative estimate of drug-likeness (QED) is 0.0486. The van der Waals surface area contributed by atoms with Crippen molar-refractivity contribution in [2.45, 2.75) is 6.54 Å². The second-order valence-electron chi connectivity index (χ2n) is 14.7. The molecule has 70 heavy (non-hydrogen) atoms. The molecule has 8 rings (SSSR count). The minimum atomic E-state index is -7.22. The predicted octanol–water partition coefficient (Wildman–Crippen LogP) is 11.6. The topological polar surface area (TPSA) is 13.1 Å². The summed E-state index contributed by atoms with van der Waals surface area (Å²) in [6, 6.07) is 28.8. The van der Waals surface area contributed by atoms with Gasteiger partial charge in [-0.3, -0.25) is 0 Å². The second kappa shape index (κ2) is 19.4. The van der Waals surface area contributed by atoms with Crippen molar-refractivity contribution in [2.75, 3.05) is 0 Å². The molecule has 0 spiro atoms. The highest BCUT2D eigenvalue weighted by atomic mass is 79.9. The fourth-order valence-electron chi connectivity index (χ4n) is 7.74. The molecule has 0 radical (unpaired) electrons. The average Bonchev–Trinajstić information content (AvgIpc) is 3.35. The van der Waals surface area contributed by atoms with Gasteiger partial charge in [-0.25, -0.2) is 87.8 Å². The molecule has 0 fully saturated rings. The summed E-state index contributed by atoms with van der Waals surface area (Å²) in [4.78, 5) is 0. The van der Waals surface area contributed by atoms with E-state index in [1.807, 2.05) is 42.5 Å². The van der Waals surface area contributed by atoms with Crippen molar-refractivity contribution in [1.29, 1.82) is 0 Å². The summed E-state index contributed by atoms with van der Waals surface area (Å²) in [5.41, 5.74) is -13.1. The minimum Gasteiger partial charge on any atom is -0.405 e. The Morgan fingerprint density at radius 3 is 1.03 bits per heavy atom. The van der Waals surface area contributed by atoms with Crippen LogP contribution in [0.15, 0.2) is 95.6 Å². The van der Waals surface area contributed by atoms with E-state index in [1.54, 1.807) is 0 Å². The van der Waals surface area contributed by atoms with Crippen molar-refractivity contribution in [2.24, 2.45) is 0 Å². The van der Waals surface area contributed by atoms with Crippen LogP contribution in [0.1, 0.15) is 5.56 Å². The maximum atomic E-state index is 15.4. The van der Waals surface area contributed by atoms with Gasteiger partial charge in [0.25, 0.3) is 0 Å². The molecule has 0 amide bonds. The van der Waals surface area contributed by atoms with Crippen molar-refractivity contribution in [3.63, 3.8) is 0 Å². The number of benzene rings is 7. The molecule has 0 bridgehead atoms. The van der Waals surface area contributed by atoms with Gasteiger partial charge in [-0.2, -0.15) is 4.57 Å². The average molecular weight is 1070 g/mol. The van der Waals surface area contributed by atoms with Crippen LogP contribution in [0.2, 0.25) is 0 Å². The molecule has 24 heteroatoms. The summed E-state index contributed by atoms with van der Waals surface area (Å²) in [5, 5.41) is 2.27. The number of aromatic nitrogens is 1. The van der Waals surface area contributed by atoms with Crippen molar-refractivity contribution in [3.05, 3.63) is 218 Å². The first-order chi connectivity index (χ1) is 33.0. The van der Waals surface area contributed by atoms with Crippen LogP contribution in [-0.4, -0.2) is 6.15 Å². The Labute approximate surface area is 386 Å². The number of halogens is 21. The van der Waals surface area contributed by atoms with Crippen LogP contribution >= 0.6 is 15.9 Å². The van der Waals surface area contributed by atoms with E-state index in [-0.39, 0.29) is 0 Å². The number of nitrogens with zero attached hydrogens (tertiary/aromatic N) is 1. The van der Waals surface area contributed by atoms with E-state index in [0.29, 0.717) is 0 Å². The van der Waals surface area contributed by atoms with E-state index in [1.165, 1.54) is 10.9 Å². The second-order valence-corrected chi connectivity index (χ2v) is 15.6. The number of fused-ring (bicyclic) bond motifs is 1. The van der Waals surface area contributed by atoms with Crippen molar-refractivity contribution >= 4 is 54.7 Å². The molecule has 0 unspecified atom stereocenters. The van der Waals surface area contributed by atoms with E-state index in [4.69, 9.17) is 4.74 Å². The van der Waals surface area contributed by atoms with Gasteiger partial charge in [0.1, 0.15) is 58.4 Å². The summed E-state index contributed by atoms with van der Waals surface area (Å²) >= 11 is 3.47. The van der Waals surface area contributed by atoms with Crippen LogP contribution in [0.5, 0.6) is 11.6 Å². The molecule has 0 saturated carbocycles. The number of hydrogen-bond donors (Lipinski definition) is 0. The third kappa shape index (κ3) is 8.23. The van der Waals surface area contributed by atoms with Gasteiger partial charge in [-0.05, 0) is 35.7 Å². The molecule has 7 aromatic carbocycles. The largest absolute Gasteiger partial charge is 0.405 e. The molecule has 0 aliphatic rings. The highest BCUT2D eigenvalue weighted by Gasteiger charge is 2.52. The lowest BCUT2D eigenvalue weighted by atomic mass is 9.12. The Morgan fingerprint density at radius 2 is 0.671 bits per heavy atom. The predicted molar refractivity (Wildman–Crippen MR) is 213 cm³/mol. The summed E-state index contributed by atoms with van der Waals surface area (Å²) in [7, 11) is 0. The molecular weight excluding hydrogens is 1050 g/mol. The van der Waals surface area contributed by atoms with Gasteiger partial charge in [0, 0.05) is 16.1 Å². The maximum absolute atomic E-state index is 15.4. The van der Waals surface area contributed by atoms with Crippen LogP contribution in [0, 0.1) is 116 Å². The van der Waals surface area contributed by atoms with Crippen LogP contribution in [0.3, 0.4) is 0 Å². The molecule has 8 aromatic rings. The standard InChI is InChI=1S/C24BF20.C22H17BrNO/c26-5-1(6(27)14(35)21(42)13(5)34)25(2-7(28)15(36)22(43)16(37)8(2)29,3-9(30)17(38)23(44)18(39)10(3)31)4-11(32)19(40)24(45)20(41)12(4)33;23-19-10-12-20(13-11-19)25-22-21-9-5-4-8-18(21)14-15-24(22)16-17-6-2-1-3-7-17/h;1-15H,16H2/q-1;+1. The summed E-state index contributed by atoms with van der Waals surface area (Å²) in [5.74, 6) is -69.7. The molecule has 0 aliphatic carbocycles. The van der Waals surface area contributed by atoms with Crippen LogP contribution in [0.25, 0.3) is 10.8 Å². The zero-order valence-corrected chi connectivity index (χ0v) is 35.3. The van der Waals surface area contributed by atoms with Gasteiger partial charge in [-0.15, -0.1) is 21.9 Å². The molecule has 1 aromatic heterocycles. The molecule has 0 aliphatic heterocycles. The van der Waals surface area contributed by atoms with E-state index >= 15 is 35.1 Å². The Balaban J connectivity index is 0.000000242. The highest BCUT2D eigenvalue weighted by molar-refractivity contribution is 9.10. The van der Waals surface area contributed by atoms with E-state index < -0.39 is 144 Å². The van der Waals surface area contributed by atoms with E-state index in [9.17, 15) is 52.7 Å². The summed E-state index contributed by atoms with van der Waals surface area (Å²) in [6.07, 6.45) is -5.13. The molecular formula is C46H17BBrF20NO. The lowest BCUT2D eigenvalue weighted by molar-refractivity contribution is -0.691. The summed E-state index contributed by atoms with van der Waals surface area (Å²) < 4.78 is 303. The van der Waals surface area contributed by atoms with Crippen LogP contribution in [-0.2, 0) is 6.54 Å². The lowest BCUT2D eigenvalue weighted by Crippen LogP contribution is -2.81. The first-order valence-electron chi connectivity index (χ1n) is 19.1. The maximum Gasteiger partial charge on any atom is 0.381 e. The van der Waals surface area contributed by atoms with Crippen molar-refractivity contribution in [1.82, 2.24) is 0 Å². The van der Waals surface area contributed by atoms with Gasteiger partial charge in [0.15, 0.2) is 82.5 Å². The normalized spacial score (nSPS) is 11.6. The Bertz CT molecular complexity index is 3020. The zero-order chi connectivity index (χ0) is 51.4. The Kier molecular flexibility index (Phi) is 14.0. The number of rotatable bonds is 8. The molecule has 362 valence electrons. The number of ether oxygens (including phenoxy) is 1. The first-order valence-corrected chi connectivity index (χ1v) is 19.9. The number of pyridine rings is 1. The molecule has 0 saturated heterocycles. The van der Waals surface area contributed by atoms with Gasteiger partial charge in [0.05, 0.1) is 5.39 Å². The van der Waals surface area contributed by atoms with Gasteiger partial charge in [-0.1, -0.05) is 64.5 Å². The van der Waals surface area contributed by atoms with E-state index in [0.717, 1.165) is 28.0 Å².